The number of carbonyl (C=O) groups is 1. The van der Waals surface area contributed by atoms with E-state index in [0.717, 1.165) is 10.8 Å². The Morgan fingerprint density at radius 3 is 2.46 bits per heavy atom. The number of nitrogens with zero attached hydrogens (tertiary/aromatic N) is 5. The number of piperazine rings is 1. The molecule has 35 heavy (non-hydrogen) atoms. The number of carbonyl (C=O) groups excluding carboxylic acids is 1. The number of hydrogen-bond donors (Lipinski definition) is 1. The maximum Gasteiger partial charge on any atom is 0.227 e. The maximum absolute atomic E-state index is 16.3. The third-order valence-electron chi connectivity index (χ3n) is 6.39. The predicted molar refractivity (Wildman–Crippen MR) is 138 cm³/mol. The highest BCUT2D eigenvalue weighted by Gasteiger charge is 2.26. The summed E-state index contributed by atoms with van der Waals surface area (Å²) in [6.45, 7) is 3.80. The Morgan fingerprint density at radius 2 is 1.77 bits per heavy atom. The lowest BCUT2D eigenvalue weighted by molar-refractivity contribution is -0.129. The standard InChI is InChI=1S/C26H25ClFN5O2/c1-15(34)32-8-10-33(11-9-32)25-20-14-21(27)22(23(28)24(20)29-26(30-25)31(2)3)19-13-17(35)12-16-6-4-5-7-18(16)19/h4-7,12-14,35H,8-11H2,1-3H3. The molecule has 180 valence electrons. The zero-order valence-corrected chi connectivity index (χ0v) is 20.5. The van der Waals surface area contributed by atoms with Crippen LogP contribution in [0.3, 0.4) is 0 Å². The van der Waals surface area contributed by atoms with Gasteiger partial charge in [-0.05, 0) is 34.5 Å². The van der Waals surface area contributed by atoms with E-state index in [-0.39, 0.29) is 27.8 Å². The number of aromatic hydroxyl groups is 1. The van der Waals surface area contributed by atoms with E-state index in [4.69, 9.17) is 16.6 Å². The second-order valence-corrected chi connectivity index (χ2v) is 9.30. The quantitative estimate of drug-likeness (QED) is 0.446. The van der Waals surface area contributed by atoms with Gasteiger partial charge in [0, 0.05) is 58.1 Å². The zero-order chi connectivity index (χ0) is 24.9. The molecule has 2 heterocycles. The first kappa shape index (κ1) is 23.1. The highest BCUT2D eigenvalue weighted by atomic mass is 35.5. The smallest absolute Gasteiger partial charge is 0.227 e. The monoisotopic (exact) mass is 493 g/mol. The minimum Gasteiger partial charge on any atom is -0.508 e. The van der Waals surface area contributed by atoms with Gasteiger partial charge in [-0.15, -0.1) is 0 Å². The molecule has 0 aliphatic carbocycles. The topological polar surface area (TPSA) is 72.8 Å². The van der Waals surface area contributed by atoms with E-state index in [1.807, 2.05) is 29.2 Å². The Hall–Kier alpha value is -3.65. The normalized spacial score (nSPS) is 14.1. The first-order valence-corrected chi connectivity index (χ1v) is 11.7. The Kier molecular flexibility index (Phi) is 5.84. The molecule has 0 saturated carbocycles. The minimum absolute atomic E-state index is 0.0231. The van der Waals surface area contributed by atoms with Gasteiger partial charge in [-0.2, -0.15) is 4.98 Å². The van der Waals surface area contributed by atoms with Crippen LogP contribution in [-0.2, 0) is 4.79 Å². The van der Waals surface area contributed by atoms with E-state index in [1.54, 1.807) is 43.0 Å². The lowest BCUT2D eigenvalue weighted by atomic mass is 9.96. The van der Waals surface area contributed by atoms with Gasteiger partial charge in [-0.3, -0.25) is 4.79 Å². The number of phenols is 1. The Morgan fingerprint density at radius 1 is 1.06 bits per heavy atom. The van der Waals surface area contributed by atoms with Crippen LogP contribution in [-0.4, -0.2) is 66.2 Å². The van der Waals surface area contributed by atoms with Crippen LogP contribution in [0.2, 0.25) is 5.02 Å². The Labute approximate surface area is 207 Å². The van der Waals surface area contributed by atoms with E-state index < -0.39 is 5.82 Å². The zero-order valence-electron chi connectivity index (χ0n) is 19.7. The molecule has 9 heteroatoms. The number of benzene rings is 3. The highest BCUT2D eigenvalue weighted by Crippen LogP contribution is 2.42. The SMILES string of the molecule is CC(=O)N1CCN(c2nc(N(C)C)nc3c(F)c(-c4cc(O)cc5ccccc45)c(Cl)cc23)CC1. The van der Waals surface area contributed by atoms with Crippen LogP contribution in [0.25, 0.3) is 32.8 Å². The van der Waals surface area contributed by atoms with Crippen molar-refractivity contribution in [2.75, 3.05) is 50.1 Å². The van der Waals surface area contributed by atoms with Gasteiger partial charge in [0.05, 0.1) is 5.02 Å². The molecule has 1 fully saturated rings. The van der Waals surface area contributed by atoms with Crippen molar-refractivity contribution in [1.82, 2.24) is 14.9 Å². The first-order chi connectivity index (χ1) is 16.7. The number of fused-ring (bicyclic) bond motifs is 2. The highest BCUT2D eigenvalue weighted by molar-refractivity contribution is 6.35. The lowest BCUT2D eigenvalue weighted by Crippen LogP contribution is -2.48. The minimum atomic E-state index is -0.572. The first-order valence-electron chi connectivity index (χ1n) is 11.3. The summed E-state index contributed by atoms with van der Waals surface area (Å²) < 4.78 is 16.3. The maximum atomic E-state index is 16.3. The summed E-state index contributed by atoms with van der Waals surface area (Å²) in [6, 6.07) is 12.3. The van der Waals surface area contributed by atoms with Crippen LogP contribution < -0.4 is 9.80 Å². The van der Waals surface area contributed by atoms with Crippen molar-refractivity contribution in [3.8, 4) is 16.9 Å². The van der Waals surface area contributed by atoms with Crippen molar-refractivity contribution in [3.63, 3.8) is 0 Å². The van der Waals surface area contributed by atoms with Crippen LogP contribution in [0.4, 0.5) is 16.2 Å². The number of phenolic OH excluding ortho intramolecular Hbond substituents is 1. The summed E-state index contributed by atoms with van der Waals surface area (Å²) in [5.41, 5.74) is 0.827. The third kappa shape index (κ3) is 4.08. The third-order valence-corrected chi connectivity index (χ3v) is 6.69. The molecular formula is C26H25ClFN5O2. The molecule has 1 aliphatic heterocycles. The second kappa shape index (κ2) is 8.85. The molecule has 3 aromatic carbocycles. The average Bonchev–Trinajstić information content (AvgIpc) is 2.83. The molecule has 0 unspecified atom stereocenters. The van der Waals surface area contributed by atoms with Crippen LogP contribution in [0.15, 0.2) is 42.5 Å². The molecule has 1 N–H and O–H groups in total. The molecule has 1 aliphatic rings. The van der Waals surface area contributed by atoms with E-state index in [1.165, 1.54) is 6.07 Å². The van der Waals surface area contributed by atoms with Crippen LogP contribution in [0.1, 0.15) is 6.92 Å². The van der Waals surface area contributed by atoms with Gasteiger partial charge in [0.2, 0.25) is 11.9 Å². The van der Waals surface area contributed by atoms with Gasteiger partial charge in [0.15, 0.2) is 5.82 Å². The van der Waals surface area contributed by atoms with E-state index in [9.17, 15) is 9.90 Å². The number of anilines is 2. The number of rotatable bonds is 3. The summed E-state index contributed by atoms with van der Waals surface area (Å²) >= 11 is 6.71. The molecule has 0 radical (unpaired) electrons. The number of aromatic nitrogens is 2. The van der Waals surface area contributed by atoms with Crippen molar-refractivity contribution in [1.29, 1.82) is 0 Å². The summed E-state index contributed by atoms with van der Waals surface area (Å²) in [6.07, 6.45) is 0. The fourth-order valence-corrected chi connectivity index (χ4v) is 4.89. The van der Waals surface area contributed by atoms with Gasteiger partial charge >= 0.3 is 0 Å². The van der Waals surface area contributed by atoms with Gasteiger partial charge in [0.1, 0.15) is 17.1 Å². The van der Waals surface area contributed by atoms with Crippen LogP contribution in [0, 0.1) is 5.82 Å². The molecule has 4 aromatic rings. The molecule has 0 bridgehead atoms. The van der Waals surface area contributed by atoms with Crippen LogP contribution in [0.5, 0.6) is 5.75 Å². The summed E-state index contributed by atoms with van der Waals surface area (Å²) in [5, 5.41) is 12.6. The fourth-order valence-electron chi connectivity index (χ4n) is 4.59. The molecule has 0 atom stereocenters. The number of amides is 1. The van der Waals surface area contributed by atoms with Gasteiger partial charge in [-0.1, -0.05) is 35.9 Å². The Balaban J connectivity index is 1.73. The molecule has 1 saturated heterocycles. The van der Waals surface area contributed by atoms with E-state index in [0.29, 0.717) is 48.9 Å². The predicted octanol–water partition coefficient (Wildman–Crippen LogP) is 4.68. The molecule has 7 nitrogen and oxygen atoms in total. The molecule has 1 aromatic heterocycles. The second-order valence-electron chi connectivity index (χ2n) is 8.89. The molecular weight excluding hydrogens is 469 g/mol. The van der Waals surface area contributed by atoms with Crippen LogP contribution >= 0.6 is 11.6 Å². The Bertz CT molecular complexity index is 1470. The van der Waals surface area contributed by atoms with Crippen molar-refractivity contribution < 1.29 is 14.3 Å². The number of halogens is 2. The number of hydrogen-bond acceptors (Lipinski definition) is 6. The summed E-state index contributed by atoms with van der Waals surface area (Å²) in [4.78, 5) is 26.6. The molecule has 1 amide bonds. The van der Waals surface area contributed by atoms with E-state index >= 15 is 4.39 Å². The summed E-state index contributed by atoms with van der Waals surface area (Å²) in [5.74, 6) is 0.431. The molecule has 0 spiro atoms. The average molecular weight is 494 g/mol. The molecule has 5 rings (SSSR count). The van der Waals surface area contributed by atoms with Gasteiger partial charge in [0.25, 0.3) is 0 Å². The van der Waals surface area contributed by atoms with E-state index in [2.05, 4.69) is 4.98 Å². The largest absolute Gasteiger partial charge is 0.508 e. The van der Waals surface area contributed by atoms with Crippen molar-refractivity contribution >= 4 is 50.9 Å². The van der Waals surface area contributed by atoms with Crippen molar-refractivity contribution in [3.05, 3.63) is 53.3 Å². The lowest BCUT2D eigenvalue weighted by Gasteiger charge is -2.35. The van der Waals surface area contributed by atoms with Crippen molar-refractivity contribution in [2.45, 2.75) is 6.92 Å². The van der Waals surface area contributed by atoms with Gasteiger partial charge in [-0.25, -0.2) is 9.37 Å². The fraction of sp³-hybridized carbons (Fsp3) is 0.269. The summed E-state index contributed by atoms with van der Waals surface area (Å²) in [7, 11) is 3.60. The van der Waals surface area contributed by atoms with Gasteiger partial charge < -0.3 is 19.8 Å². The van der Waals surface area contributed by atoms with Crippen molar-refractivity contribution in [2.24, 2.45) is 0 Å².